The number of furan rings is 1. The summed E-state index contributed by atoms with van der Waals surface area (Å²) in [6, 6.07) is 21.8. The van der Waals surface area contributed by atoms with Crippen molar-refractivity contribution >= 4 is 57.1 Å². The molecule has 0 aliphatic carbocycles. The Labute approximate surface area is 161 Å². The van der Waals surface area contributed by atoms with E-state index in [1.54, 1.807) is 18.3 Å². The molecule has 6 rings (SSSR count). The van der Waals surface area contributed by atoms with E-state index in [0.29, 0.717) is 0 Å². The van der Waals surface area contributed by atoms with Crippen molar-refractivity contribution in [3.05, 3.63) is 72.9 Å². The van der Waals surface area contributed by atoms with Crippen molar-refractivity contribution in [1.82, 2.24) is 9.55 Å². The van der Waals surface area contributed by atoms with E-state index in [2.05, 4.69) is 36.7 Å². The Morgan fingerprint density at radius 2 is 1.71 bits per heavy atom. The van der Waals surface area contributed by atoms with E-state index in [-0.39, 0.29) is 5.75 Å². The molecule has 0 aliphatic heterocycles. The van der Waals surface area contributed by atoms with Crippen LogP contribution in [0, 0.1) is 0 Å². The van der Waals surface area contributed by atoms with E-state index >= 15 is 0 Å². The molecular weight excluding hydrogens is 347 g/mol. The summed E-state index contributed by atoms with van der Waals surface area (Å²) in [5, 5.41) is 14.4. The molecule has 28 heavy (non-hydrogen) atoms. The molecule has 1 N–H and O–H groups in total. The lowest BCUT2D eigenvalue weighted by molar-refractivity contribution is 0.476. The standard InChI is InChI=1S/C23H15BN2O2/c24-13-5-8-18-17(11-13)15-7-6-14(27)12-19(15)26(18)23-22-16-3-1-2-4-20(16)28-21(22)9-10-25-23/h1-12,27H,24H2. The van der Waals surface area contributed by atoms with Crippen LogP contribution in [0.15, 0.2) is 77.3 Å². The highest BCUT2D eigenvalue weighted by Crippen LogP contribution is 2.37. The molecule has 3 heterocycles. The smallest absolute Gasteiger partial charge is 0.149 e. The van der Waals surface area contributed by atoms with E-state index in [9.17, 15) is 5.11 Å². The first-order valence-corrected chi connectivity index (χ1v) is 9.21. The zero-order chi connectivity index (χ0) is 18.8. The molecule has 3 aromatic carbocycles. The van der Waals surface area contributed by atoms with Gasteiger partial charge in [-0.15, -0.1) is 0 Å². The molecule has 0 spiro atoms. The second kappa shape index (κ2) is 5.39. The van der Waals surface area contributed by atoms with Gasteiger partial charge in [0.15, 0.2) is 0 Å². The number of benzene rings is 3. The summed E-state index contributed by atoms with van der Waals surface area (Å²) in [6.45, 7) is 0. The van der Waals surface area contributed by atoms with E-state index < -0.39 is 0 Å². The highest BCUT2D eigenvalue weighted by Gasteiger charge is 2.18. The van der Waals surface area contributed by atoms with Crippen molar-refractivity contribution in [2.75, 3.05) is 0 Å². The lowest BCUT2D eigenvalue weighted by Gasteiger charge is -2.08. The summed E-state index contributed by atoms with van der Waals surface area (Å²) in [4.78, 5) is 4.75. The maximum atomic E-state index is 10.2. The van der Waals surface area contributed by atoms with Crippen LogP contribution in [0.1, 0.15) is 0 Å². The number of phenols is 1. The van der Waals surface area contributed by atoms with Crippen molar-refractivity contribution in [3.63, 3.8) is 0 Å². The number of phenolic OH excluding ortho intramolecular Hbond substituents is 1. The topological polar surface area (TPSA) is 51.2 Å². The number of hydrogen-bond acceptors (Lipinski definition) is 3. The largest absolute Gasteiger partial charge is 0.508 e. The highest BCUT2D eigenvalue weighted by atomic mass is 16.3. The molecule has 3 aromatic heterocycles. The Morgan fingerprint density at radius 3 is 2.64 bits per heavy atom. The van der Waals surface area contributed by atoms with Gasteiger partial charge in [0.25, 0.3) is 0 Å². The van der Waals surface area contributed by atoms with Crippen molar-refractivity contribution in [3.8, 4) is 11.6 Å². The van der Waals surface area contributed by atoms with Crippen LogP contribution >= 0.6 is 0 Å². The van der Waals surface area contributed by atoms with Gasteiger partial charge in [-0.25, -0.2) is 4.98 Å². The summed E-state index contributed by atoms with van der Waals surface area (Å²) in [6.07, 6.45) is 1.77. The number of hydrogen-bond donors (Lipinski definition) is 1. The summed E-state index contributed by atoms with van der Waals surface area (Å²) in [7, 11) is 2.09. The fourth-order valence-electron chi connectivity index (χ4n) is 4.17. The average molecular weight is 362 g/mol. The molecule has 0 saturated carbocycles. The lowest BCUT2D eigenvalue weighted by atomic mass is 9.94. The average Bonchev–Trinajstić information content (AvgIpc) is 3.23. The van der Waals surface area contributed by atoms with Crippen LogP contribution in [0.2, 0.25) is 0 Å². The van der Waals surface area contributed by atoms with Gasteiger partial charge in [0.05, 0.1) is 16.4 Å². The predicted octanol–water partition coefficient (Wildman–Crippen LogP) is 4.04. The number of rotatable bonds is 1. The van der Waals surface area contributed by atoms with Crippen molar-refractivity contribution in [2.24, 2.45) is 0 Å². The van der Waals surface area contributed by atoms with Crippen LogP contribution < -0.4 is 5.46 Å². The van der Waals surface area contributed by atoms with Crippen molar-refractivity contribution < 1.29 is 9.52 Å². The SMILES string of the molecule is Bc1ccc2c(c1)c1ccc(O)cc1n2-c1nccc2oc3ccccc3c12. The molecule has 0 amide bonds. The number of aromatic hydroxyl groups is 1. The van der Waals surface area contributed by atoms with Gasteiger partial charge in [-0.2, -0.15) is 0 Å². The van der Waals surface area contributed by atoms with Crippen LogP contribution in [0.4, 0.5) is 0 Å². The lowest BCUT2D eigenvalue weighted by Crippen LogP contribution is -2.01. The van der Waals surface area contributed by atoms with Crippen LogP contribution in [-0.2, 0) is 0 Å². The first-order valence-electron chi connectivity index (χ1n) is 9.21. The predicted molar refractivity (Wildman–Crippen MR) is 116 cm³/mol. The summed E-state index contributed by atoms with van der Waals surface area (Å²) in [5.41, 5.74) is 4.81. The van der Waals surface area contributed by atoms with Gasteiger partial charge in [0.2, 0.25) is 0 Å². The Kier molecular flexibility index (Phi) is 2.96. The molecular formula is C23H15BN2O2. The maximum absolute atomic E-state index is 10.2. The third-order valence-electron chi connectivity index (χ3n) is 5.39. The van der Waals surface area contributed by atoms with Gasteiger partial charge in [-0.3, -0.25) is 4.57 Å². The molecule has 6 aromatic rings. The molecule has 0 radical (unpaired) electrons. The first kappa shape index (κ1) is 15.3. The molecule has 0 saturated heterocycles. The van der Waals surface area contributed by atoms with Crippen LogP contribution in [0.5, 0.6) is 5.75 Å². The summed E-state index contributed by atoms with van der Waals surface area (Å²) in [5.74, 6) is 1.04. The Morgan fingerprint density at radius 1 is 0.821 bits per heavy atom. The monoisotopic (exact) mass is 362 g/mol. The van der Waals surface area contributed by atoms with E-state index in [1.165, 1.54) is 5.46 Å². The number of para-hydroxylation sites is 1. The molecule has 5 heteroatoms. The van der Waals surface area contributed by atoms with Gasteiger partial charge in [-0.05, 0) is 30.3 Å². The molecule has 0 unspecified atom stereocenters. The first-order chi connectivity index (χ1) is 13.7. The zero-order valence-electron chi connectivity index (χ0n) is 15.2. The van der Waals surface area contributed by atoms with Crippen LogP contribution in [0.3, 0.4) is 0 Å². The van der Waals surface area contributed by atoms with Gasteiger partial charge < -0.3 is 9.52 Å². The molecule has 0 atom stereocenters. The number of aromatic nitrogens is 2. The van der Waals surface area contributed by atoms with Gasteiger partial charge >= 0.3 is 0 Å². The van der Waals surface area contributed by atoms with Crippen molar-refractivity contribution in [1.29, 1.82) is 0 Å². The number of pyridine rings is 1. The van der Waals surface area contributed by atoms with Gasteiger partial charge in [0.1, 0.15) is 30.6 Å². The van der Waals surface area contributed by atoms with Gasteiger partial charge in [0, 0.05) is 28.4 Å². The fourth-order valence-corrected chi connectivity index (χ4v) is 4.17. The minimum atomic E-state index is 0.234. The fraction of sp³-hybridized carbons (Fsp3) is 0. The van der Waals surface area contributed by atoms with E-state index in [0.717, 1.165) is 49.6 Å². The molecule has 132 valence electrons. The van der Waals surface area contributed by atoms with E-state index in [4.69, 9.17) is 9.40 Å². The Balaban J connectivity index is 1.86. The van der Waals surface area contributed by atoms with Crippen LogP contribution in [0.25, 0.3) is 49.6 Å². The normalized spacial score (nSPS) is 11.9. The number of fused-ring (bicyclic) bond motifs is 6. The second-order valence-corrected chi connectivity index (χ2v) is 7.16. The quantitative estimate of drug-likeness (QED) is 0.449. The summed E-state index contributed by atoms with van der Waals surface area (Å²) < 4.78 is 8.17. The molecule has 0 bridgehead atoms. The molecule has 0 fully saturated rings. The maximum Gasteiger partial charge on any atom is 0.149 e. The minimum Gasteiger partial charge on any atom is -0.508 e. The second-order valence-electron chi connectivity index (χ2n) is 7.16. The Hall–Kier alpha value is -3.73. The minimum absolute atomic E-state index is 0.234. The van der Waals surface area contributed by atoms with Crippen molar-refractivity contribution in [2.45, 2.75) is 0 Å². The molecule has 4 nitrogen and oxygen atoms in total. The number of nitrogens with zero attached hydrogens (tertiary/aromatic N) is 2. The van der Waals surface area contributed by atoms with Gasteiger partial charge in [-0.1, -0.05) is 35.8 Å². The van der Waals surface area contributed by atoms with E-state index in [1.807, 2.05) is 30.3 Å². The third kappa shape index (κ3) is 1.98. The third-order valence-corrected chi connectivity index (χ3v) is 5.39. The highest BCUT2D eigenvalue weighted by molar-refractivity contribution is 6.34. The Bertz CT molecular complexity index is 1550. The molecule has 0 aliphatic rings. The zero-order valence-corrected chi connectivity index (χ0v) is 15.2. The summed E-state index contributed by atoms with van der Waals surface area (Å²) >= 11 is 0. The van der Waals surface area contributed by atoms with Crippen LogP contribution in [-0.4, -0.2) is 22.5 Å².